The van der Waals surface area contributed by atoms with Gasteiger partial charge in [0, 0.05) is 28.4 Å². The minimum atomic E-state index is -4.56. The molecule has 0 saturated carbocycles. The Bertz CT molecular complexity index is 830. The summed E-state index contributed by atoms with van der Waals surface area (Å²) in [6.07, 6.45) is -3.70. The van der Waals surface area contributed by atoms with E-state index in [4.69, 9.17) is 8.42 Å². The van der Waals surface area contributed by atoms with Crippen LogP contribution in [0.1, 0.15) is 23.9 Å². The fraction of sp³-hybridized carbons (Fsp3) is 0.385. The minimum absolute atomic E-state index is 0.0599. The first kappa shape index (κ1) is 21.5. The number of nitrogens with one attached hydrogen (secondary N) is 1. The Morgan fingerprint density at radius 2 is 1.84 bits per heavy atom. The van der Waals surface area contributed by atoms with E-state index in [2.05, 4.69) is 36.8 Å². The van der Waals surface area contributed by atoms with Crippen LogP contribution in [0.4, 0.5) is 19.1 Å². The lowest BCUT2D eigenvalue weighted by molar-refractivity contribution is -0.144. The minimum Gasteiger partial charge on any atom is -0.357 e. The molecule has 0 atom stereocenters. The SMILES string of the molecule is CCc1ccc(-n2nc(C(F)(F)F)nc2NC)c(C)c1.O=S(=O)(Cl)Cl. The van der Waals surface area contributed by atoms with Crippen molar-refractivity contribution in [3.63, 3.8) is 0 Å². The molecule has 2 rings (SSSR count). The lowest BCUT2D eigenvalue weighted by atomic mass is 10.1. The van der Waals surface area contributed by atoms with Gasteiger partial charge in [0.05, 0.1) is 5.69 Å². The fourth-order valence-electron chi connectivity index (χ4n) is 1.94. The van der Waals surface area contributed by atoms with Crippen LogP contribution in [0.15, 0.2) is 18.2 Å². The molecule has 0 aliphatic rings. The van der Waals surface area contributed by atoms with Crippen molar-refractivity contribution in [3.8, 4) is 5.69 Å². The maximum Gasteiger partial charge on any atom is 0.453 e. The molecule has 1 aromatic carbocycles. The summed E-state index contributed by atoms with van der Waals surface area (Å²) in [5.74, 6) is -1.09. The van der Waals surface area contributed by atoms with Gasteiger partial charge >= 0.3 is 14.4 Å². The van der Waals surface area contributed by atoms with Gasteiger partial charge in [-0.1, -0.05) is 19.1 Å². The van der Waals surface area contributed by atoms with Crippen LogP contribution < -0.4 is 5.32 Å². The van der Waals surface area contributed by atoms with E-state index in [0.29, 0.717) is 5.69 Å². The Labute approximate surface area is 151 Å². The highest BCUT2D eigenvalue weighted by atomic mass is 36.0. The second-order valence-electron chi connectivity index (χ2n) is 4.77. The Balaban J connectivity index is 0.000000550. The van der Waals surface area contributed by atoms with Crippen LogP contribution in [-0.2, 0) is 20.9 Å². The van der Waals surface area contributed by atoms with Crippen LogP contribution in [0.5, 0.6) is 0 Å². The standard InChI is InChI=1S/C13H15F3N4.Cl2O2S/c1-4-9-5-6-10(8(2)7-9)20-12(17-3)18-11(19-20)13(14,15)16;1-5(2,3)4/h5-7H,4H2,1-3H3,(H,17,18,19);. The van der Waals surface area contributed by atoms with E-state index in [-0.39, 0.29) is 5.95 Å². The van der Waals surface area contributed by atoms with Gasteiger partial charge in [-0.25, -0.2) is 0 Å². The van der Waals surface area contributed by atoms with Crippen molar-refractivity contribution in [3.05, 3.63) is 35.2 Å². The molecule has 0 bridgehead atoms. The van der Waals surface area contributed by atoms with Crippen molar-refractivity contribution >= 4 is 35.6 Å². The number of nitrogens with zero attached hydrogens (tertiary/aromatic N) is 3. The van der Waals surface area contributed by atoms with Gasteiger partial charge in [0.15, 0.2) is 0 Å². The van der Waals surface area contributed by atoms with E-state index < -0.39 is 20.3 Å². The van der Waals surface area contributed by atoms with Crippen molar-refractivity contribution in [2.24, 2.45) is 0 Å². The third-order valence-corrected chi connectivity index (χ3v) is 2.98. The summed E-state index contributed by atoms with van der Waals surface area (Å²) >= 11 is 0. The predicted octanol–water partition coefficient (Wildman–Crippen LogP) is 3.91. The molecule has 1 heterocycles. The van der Waals surface area contributed by atoms with Gasteiger partial charge in [0.2, 0.25) is 5.95 Å². The third kappa shape index (κ3) is 6.71. The van der Waals surface area contributed by atoms with E-state index in [1.807, 2.05) is 26.0 Å². The molecule has 2 aromatic rings. The summed E-state index contributed by atoms with van der Waals surface area (Å²) < 4.78 is 57.6. The lowest BCUT2D eigenvalue weighted by Crippen LogP contribution is -2.09. The monoisotopic (exact) mass is 418 g/mol. The van der Waals surface area contributed by atoms with Gasteiger partial charge in [-0.05, 0) is 30.5 Å². The first-order valence-corrected chi connectivity index (χ1v) is 9.96. The number of benzene rings is 1. The molecule has 6 nitrogen and oxygen atoms in total. The number of halogens is 5. The smallest absolute Gasteiger partial charge is 0.357 e. The molecule has 0 amide bonds. The van der Waals surface area contributed by atoms with Crippen molar-refractivity contribution in [1.29, 1.82) is 0 Å². The van der Waals surface area contributed by atoms with Crippen LogP contribution in [-0.4, -0.2) is 30.2 Å². The Morgan fingerprint density at radius 3 is 2.24 bits per heavy atom. The van der Waals surface area contributed by atoms with Gasteiger partial charge in [0.1, 0.15) is 0 Å². The number of hydrogen-bond acceptors (Lipinski definition) is 5. The Hall–Kier alpha value is -1.52. The quantitative estimate of drug-likeness (QED) is 0.764. The highest BCUT2D eigenvalue weighted by molar-refractivity contribution is 8.31. The number of alkyl halides is 3. The first-order valence-electron chi connectivity index (χ1n) is 6.83. The highest BCUT2D eigenvalue weighted by Gasteiger charge is 2.37. The maximum atomic E-state index is 12.7. The average Bonchev–Trinajstić information content (AvgIpc) is 2.89. The largest absolute Gasteiger partial charge is 0.453 e. The van der Waals surface area contributed by atoms with Crippen molar-refractivity contribution in [1.82, 2.24) is 14.8 Å². The zero-order valence-electron chi connectivity index (χ0n) is 13.4. The van der Waals surface area contributed by atoms with Gasteiger partial charge in [-0.3, -0.25) is 0 Å². The molecule has 0 unspecified atom stereocenters. The van der Waals surface area contributed by atoms with Crippen LogP contribution in [0.2, 0.25) is 0 Å². The van der Waals surface area contributed by atoms with E-state index in [0.717, 1.165) is 17.5 Å². The summed E-state index contributed by atoms with van der Waals surface area (Å²) in [5, 5.41) is 6.19. The molecule has 0 spiro atoms. The van der Waals surface area contributed by atoms with Gasteiger partial charge in [0.25, 0.3) is 5.82 Å². The molecule has 0 saturated heterocycles. The number of hydrogen-bond donors (Lipinski definition) is 1. The molecular weight excluding hydrogens is 404 g/mol. The lowest BCUT2D eigenvalue weighted by Gasteiger charge is -2.09. The van der Waals surface area contributed by atoms with E-state index in [9.17, 15) is 13.2 Å². The fourth-order valence-corrected chi connectivity index (χ4v) is 1.94. The van der Waals surface area contributed by atoms with Crippen molar-refractivity contribution < 1.29 is 21.6 Å². The normalized spacial score (nSPS) is 11.7. The molecule has 12 heteroatoms. The van der Waals surface area contributed by atoms with Crippen LogP contribution in [0, 0.1) is 6.92 Å². The number of anilines is 1. The number of rotatable bonds is 3. The topological polar surface area (TPSA) is 76.9 Å². The van der Waals surface area contributed by atoms with Crippen LogP contribution >= 0.6 is 21.4 Å². The summed E-state index contributed by atoms with van der Waals surface area (Å²) in [7, 11) is 6.32. The third-order valence-electron chi connectivity index (χ3n) is 2.98. The number of aromatic nitrogens is 3. The van der Waals surface area contributed by atoms with Gasteiger partial charge < -0.3 is 5.32 Å². The molecule has 0 aliphatic heterocycles. The maximum absolute atomic E-state index is 12.7. The van der Waals surface area contributed by atoms with E-state index >= 15 is 0 Å². The molecule has 1 aromatic heterocycles. The molecule has 1 N–H and O–H groups in total. The zero-order chi connectivity index (χ0) is 19.4. The van der Waals surface area contributed by atoms with Crippen LogP contribution in [0.3, 0.4) is 0 Å². The number of aryl methyl sites for hydroxylation is 2. The summed E-state index contributed by atoms with van der Waals surface area (Å²) in [4.78, 5) is 3.48. The van der Waals surface area contributed by atoms with Crippen molar-refractivity contribution in [2.45, 2.75) is 26.4 Å². The summed E-state index contributed by atoms with van der Waals surface area (Å²) in [6.45, 7) is 3.85. The van der Waals surface area contributed by atoms with Crippen molar-refractivity contribution in [2.75, 3.05) is 12.4 Å². The zero-order valence-corrected chi connectivity index (χ0v) is 15.7. The predicted molar refractivity (Wildman–Crippen MR) is 90.6 cm³/mol. The summed E-state index contributed by atoms with van der Waals surface area (Å²) in [6, 6.07) is 5.56. The van der Waals surface area contributed by atoms with E-state index in [1.54, 1.807) is 6.07 Å². The molecule has 0 radical (unpaired) electrons. The van der Waals surface area contributed by atoms with E-state index in [1.165, 1.54) is 11.7 Å². The second-order valence-corrected chi connectivity index (χ2v) is 8.44. The Kier molecular flexibility index (Phi) is 7.09. The molecule has 0 fully saturated rings. The Morgan fingerprint density at radius 1 is 1.28 bits per heavy atom. The van der Waals surface area contributed by atoms with Gasteiger partial charge in [-0.2, -0.15) is 31.3 Å². The van der Waals surface area contributed by atoms with Gasteiger partial charge in [-0.15, -0.1) is 5.10 Å². The molecule has 140 valence electrons. The average molecular weight is 419 g/mol. The molecule has 0 aliphatic carbocycles. The molecular formula is C13H15Cl2F3N4O2S. The second kappa shape index (κ2) is 8.24. The van der Waals surface area contributed by atoms with Crippen LogP contribution in [0.25, 0.3) is 5.69 Å². The highest BCUT2D eigenvalue weighted by Crippen LogP contribution is 2.29. The molecule has 25 heavy (non-hydrogen) atoms. The summed E-state index contributed by atoms with van der Waals surface area (Å²) in [5.41, 5.74) is 2.54. The first-order chi connectivity index (χ1) is 11.4.